The molecule has 1 saturated heterocycles. The van der Waals surface area contributed by atoms with Crippen molar-refractivity contribution in [1.29, 1.82) is 0 Å². The third kappa shape index (κ3) is 4.35. The molecule has 1 N–H and O–H groups in total. The summed E-state index contributed by atoms with van der Waals surface area (Å²) in [6.07, 6.45) is 6.76. The van der Waals surface area contributed by atoms with Crippen LogP contribution >= 0.6 is 0 Å². The van der Waals surface area contributed by atoms with Gasteiger partial charge in [0.25, 0.3) is 5.91 Å². The van der Waals surface area contributed by atoms with Crippen LogP contribution < -0.4 is 5.32 Å². The number of carbonyl (C=O) groups is 1. The number of aromatic nitrogens is 3. The first-order valence-corrected chi connectivity index (χ1v) is 12.4. The summed E-state index contributed by atoms with van der Waals surface area (Å²) in [5.74, 6) is -0.351. The molecule has 9 heteroatoms. The zero-order valence-electron chi connectivity index (χ0n) is 18.3. The molecule has 1 fully saturated rings. The molecule has 0 saturated carbocycles. The van der Waals surface area contributed by atoms with E-state index in [-0.39, 0.29) is 10.8 Å². The quantitative estimate of drug-likeness (QED) is 0.457. The Hall–Kier alpha value is -3.82. The summed E-state index contributed by atoms with van der Waals surface area (Å²) in [4.78, 5) is 17.6. The van der Waals surface area contributed by atoms with Crippen molar-refractivity contribution in [3.8, 4) is 16.9 Å². The van der Waals surface area contributed by atoms with Gasteiger partial charge in [-0.05, 0) is 61.4 Å². The SMILES string of the molecule is O=C(Nc1ccc(S(=O)(=O)N2CCCC2)cc1)c1cn(-c2ccccc2)nc1-c1cccnc1. The van der Waals surface area contributed by atoms with Gasteiger partial charge >= 0.3 is 0 Å². The number of para-hydroxylation sites is 1. The van der Waals surface area contributed by atoms with Crippen molar-refractivity contribution in [3.63, 3.8) is 0 Å². The van der Waals surface area contributed by atoms with Crippen molar-refractivity contribution in [2.45, 2.75) is 17.7 Å². The normalized spacial score (nSPS) is 14.2. The summed E-state index contributed by atoms with van der Waals surface area (Å²) in [6, 6.07) is 19.4. The summed E-state index contributed by atoms with van der Waals surface area (Å²) in [6.45, 7) is 1.09. The first-order chi connectivity index (χ1) is 16.5. The number of carbonyl (C=O) groups excluding carboxylic acids is 1. The molecule has 0 bridgehead atoms. The molecule has 0 atom stereocenters. The van der Waals surface area contributed by atoms with E-state index in [1.807, 2.05) is 36.4 Å². The van der Waals surface area contributed by atoms with Crippen LogP contribution in [0.15, 0.2) is 90.2 Å². The average molecular weight is 474 g/mol. The lowest BCUT2D eigenvalue weighted by Gasteiger charge is -2.15. The van der Waals surface area contributed by atoms with Crippen LogP contribution in [0.1, 0.15) is 23.2 Å². The molecule has 0 aliphatic carbocycles. The number of benzene rings is 2. The molecule has 5 rings (SSSR count). The van der Waals surface area contributed by atoms with Gasteiger partial charge in [0, 0.05) is 42.9 Å². The Bertz CT molecular complexity index is 1400. The molecule has 1 aliphatic rings. The summed E-state index contributed by atoms with van der Waals surface area (Å²) in [7, 11) is -3.51. The first kappa shape index (κ1) is 22.0. The minimum atomic E-state index is -3.51. The lowest BCUT2D eigenvalue weighted by molar-refractivity contribution is 0.102. The number of hydrogen-bond donors (Lipinski definition) is 1. The highest BCUT2D eigenvalue weighted by molar-refractivity contribution is 7.89. The standard InChI is InChI=1S/C25H23N5O3S/c31-25(27-20-10-12-22(13-11-20)34(32,33)29-15-4-5-16-29)23-18-30(21-8-2-1-3-9-21)28-24(23)19-7-6-14-26-17-19/h1-3,6-14,17-18H,4-5,15-16H2,(H,27,31). The Morgan fingerprint density at radius 1 is 0.912 bits per heavy atom. The predicted molar refractivity (Wildman–Crippen MR) is 129 cm³/mol. The molecule has 34 heavy (non-hydrogen) atoms. The number of rotatable bonds is 6. The molecule has 172 valence electrons. The van der Waals surface area contributed by atoms with Crippen molar-refractivity contribution >= 4 is 21.6 Å². The maximum atomic E-state index is 13.2. The molecule has 8 nitrogen and oxygen atoms in total. The second-order valence-corrected chi connectivity index (χ2v) is 9.94. The molecule has 2 aromatic heterocycles. The van der Waals surface area contributed by atoms with Crippen LogP contribution in [-0.4, -0.2) is 46.5 Å². The minimum absolute atomic E-state index is 0.223. The highest BCUT2D eigenvalue weighted by Crippen LogP contribution is 2.25. The van der Waals surface area contributed by atoms with Gasteiger partial charge in [-0.2, -0.15) is 9.40 Å². The second-order valence-electron chi connectivity index (χ2n) is 8.00. The molecule has 2 aromatic carbocycles. The van der Waals surface area contributed by atoms with Gasteiger partial charge in [0.05, 0.1) is 16.1 Å². The van der Waals surface area contributed by atoms with E-state index >= 15 is 0 Å². The van der Waals surface area contributed by atoms with E-state index < -0.39 is 10.0 Å². The largest absolute Gasteiger partial charge is 0.322 e. The maximum Gasteiger partial charge on any atom is 0.259 e. The van der Waals surface area contributed by atoms with E-state index in [2.05, 4.69) is 15.4 Å². The van der Waals surface area contributed by atoms with Gasteiger partial charge in [-0.15, -0.1) is 0 Å². The van der Waals surface area contributed by atoms with E-state index in [9.17, 15) is 13.2 Å². The van der Waals surface area contributed by atoms with E-state index in [0.717, 1.165) is 24.1 Å². The summed E-state index contributed by atoms with van der Waals surface area (Å²) < 4.78 is 28.7. The lowest BCUT2D eigenvalue weighted by atomic mass is 10.1. The Balaban J connectivity index is 1.43. The van der Waals surface area contributed by atoms with Gasteiger partial charge in [-0.25, -0.2) is 13.1 Å². The van der Waals surface area contributed by atoms with Crippen molar-refractivity contribution in [3.05, 3.63) is 90.9 Å². The zero-order chi connectivity index (χ0) is 23.5. The number of nitrogens with zero attached hydrogens (tertiary/aromatic N) is 4. The average Bonchev–Trinajstić information content (AvgIpc) is 3.57. The summed E-state index contributed by atoms with van der Waals surface area (Å²) in [5, 5.41) is 7.50. The summed E-state index contributed by atoms with van der Waals surface area (Å²) >= 11 is 0. The summed E-state index contributed by atoms with van der Waals surface area (Å²) in [5.41, 5.74) is 2.92. The van der Waals surface area contributed by atoms with Crippen molar-refractivity contribution < 1.29 is 13.2 Å². The van der Waals surface area contributed by atoms with Gasteiger partial charge in [0.1, 0.15) is 5.69 Å². The van der Waals surface area contributed by atoms with Gasteiger partial charge in [0.2, 0.25) is 10.0 Å². The van der Waals surface area contributed by atoms with Gasteiger partial charge in [-0.3, -0.25) is 9.78 Å². The highest BCUT2D eigenvalue weighted by atomic mass is 32.2. The molecule has 0 radical (unpaired) electrons. The van der Waals surface area contributed by atoms with Crippen molar-refractivity contribution in [2.75, 3.05) is 18.4 Å². The fraction of sp³-hybridized carbons (Fsp3) is 0.160. The maximum absolute atomic E-state index is 13.2. The fourth-order valence-corrected chi connectivity index (χ4v) is 5.47. The number of hydrogen-bond acceptors (Lipinski definition) is 5. The van der Waals surface area contributed by atoms with Crippen LogP contribution in [0.3, 0.4) is 0 Å². The lowest BCUT2D eigenvalue weighted by Crippen LogP contribution is -2.27. The molecule has 1 amide bonds. The molecule has 3 heterocycles. The smallest absolute Gasteiger partial charge is 0.259 e. The van der Waals surface area contributed by atoms with Gasteiger partial charge in [0.15, 0.2) is 0 Å². The third-order valence-corrected chi connectivity index (χ3v) is 7.64. The highest BCUT2D eigenvalue weighted by Gasteiger charge is 2.27. The molecular weight excluding hydrogens is 450 g/mol. The van der Waals surface area contributed by atoms with Gasteiger partial charge < -0.3 is 5.32 Å². The molecule has 1 aliphatic heterocycles. The molecular formula is C25H23N5O3S. The topological polar surface area (TPSA) is 97.2 Å². The van der Waals surface area contributed by atoms with Crippen molar-refractivity contribution in [1.82, 2.24) is 19.1 Å². The zero-order valence-corrected chi connectivity index (χ0v) is 19.1. The third-order valence-electron chi connectivity index (χ3n) is 5.73. The first-order valence-electron chi connectivity index (χ1n) is 11.0. The van der Waals surface area contributed by atoms with E-state index in [1.165, 1.54) is 16.4 Å². The van der Waals surface area contributed by atoms with Crippen LogP contribution in [0.2, 0.25) is 0 Å². The Morgan fingerprint density at radius 3 is 2.32 bits per heavy atom. The number of sulfonamides is 1. The molecule has 0 unspecified atom stereocenters. The van der Waals surface area contributed by atoms with Crippen LogP contribution in [-0.2, 0) is 10.0 Å². The number of anilines is 1. The molecule has 0 spiro atoms. The number of pyridine rings is 1. The Kier molecular flexibility index (Phi) is 5.95. The fourth-order valence-electron chi connectivity index (χ4n) is 3.96. The van der Waals surface area contributed by atoms with Crippen molar-refractivity contribution in [2.24, 2.45) is 0 Å². The minimum Gasteiger partial charge on any atom is -0.322 e. The van der Waals surface area contributed by atoms with E-state index in [0.29, 0.717) is 30.0 Å². The van der Waals surface area contributed by atoms with Crippen LogP contribution in [0.4, 0.5) is 5.69 Å². The van der Waals surface area contributed by atoms with E-state index in [4.69, 9.17) is 0 Å². The molecule has 4 aromatic rings. The Labute approximate surface area is 197 Å². The number of nitrogens with one attached hydrogen (secondary N) is 1. The predicted octanol–water partition coefficient (Wildman–Crippen LogP) is 3.97. The van der Waals surface area contributed by atoms with Crippen LogP contribution in [0.25, 0.3) is 16.9 Å². The number of amides is 1. The van der Waals surface area contributed by atoms with Crippen LogP contribution in [0, 0.1) is 0 Å². The monoisotopic (exact) mass is 473 g/mol. The van der Waals surface area contributed by atoms with E-state index in [1.54, 1.807) is 41.5 Å². The second kappa shape index (κ2) is 9.20. The Morgan fingerprint density at radius 2 is 1.65 bits per heavy atom. The van der Waals surface area contributed by atoms with Gasteiger partial charge in [-0.1, -0.05) is 18.2 Å². The van der Waals surface area contributed by atoms with Crippen LogP contribution in [0.5, 0.6) is 0 Å².